The molecule has 1 aliphatic heterocycles. The van der Waals surface area contributed by atoms with Gasteiger partial charge in [-0.1, -0.05) is 11.6 Å². The van der Waals surface area contributed by atoms with E-state index in [0.29, 0.717) is 5.41 Å². The average molecular weight is 214 g/mol. The van der Waals surface area contributed by atoms with Crippen LogP contribution in [0.2, 0.25) is 5.02 Å². The zero-order valence-corrected chi connectivity index (χ0v) is 8.92. The van der Waals surface area contributed by atoms with Gasteiger partial charge < -0.3 is 5.32 Å². The lowest BCUT2D eigenvalue weighted by molar-refractivity contribution is 0.187. The standard InChI is InChI=1S/C10H12ClNS/c11-8-2-4-13-9(8)10-3-1-7(10)5-12-6-10/h2,4,7,12H,1,3,5-6H2. The Balaban J connectivity index is 2.04. The first-order valence-corrected chi connectivity index (χ1v) is 6.03. The maximum Gasteiger partial charge on any atom is 0.0551 e. The van der Waals surface area contributed by atoms with E-state index in [9.17, 15) is 0 Å². The van der Waals surface area contributed by atoms with Gasteiger partial charge in [-0.3, -0.25) is 0 Å². The largest absolute Gasteiger partial charge is 0.315 e. The van der Waals surface area contributed by atoms with Gasteiger partial charge in [0.25, 0.3) is 0 Å². The molecular weight excluding hydrogens is 202 g/mol. The van der Waals surface area contributed by atoms with Crippen LogP contribution in [0.25, 0.3) is 0 Å². The quantitative estimate of drug-likeness (QED) is 0.757. The van der Waals surface area contributed by atoms with Crippen molar-refractivity contribution in [2.24, 2.45) is 5.92 Å². The average Bonchev–Trinajstić information content (AvgIpc) is 2.60. The normalized spacial score (nSPS) is 37.2. The Kier molecular flexibility index (Phi) is 1.73. The summed E-state index contributed by atoms with van der Waals surface area (Å²) in [5.74, 6) is 0.851. The van der Waals surface area contributed by atoms with E-state index < -0.39 is 0 Å². The van der Waals surface area contributed by atoms with Gasteiger partial charge in [0.2, 0.25) is 0 Å². The number of rotatable bonds is 1. The summed E-state index contributed by atoms with van der Waals surface area (Å²) in [6, 6.07) is 2.03. The highest BCUT2D eigenvalue weighted by Crippen LogP contribution is 2.54. The van der Waals surface area contributed by atoms with Crippen molar-refractivity contribution in [3.05, 3.63) is 21.3 Å². The lowest BCUT2D eigenvalue weighted by Crippen LogP contribution is -2.43. The third-order valence-electron chi connectivity index (χ3n) is 3.62. The Morgan fingerprint density at radius 1 is 1.62 bits per heavy atom. The third kappa shape index (κ3) is 0.969. The molecule has 1 aromatic heterocycles. The van der Waals surface area contributed by atoms with Crippen LogP contribution in [0.5, 0.6) is 0 Å². The Morgan fingerprint density at radius 2 is 2.54 bits per heavy atom. The molecule has 0 spiro atoms. The predicted molar refractivity (Wildman–Crippen MR) is 56.6 cm³/mol. The van der Waals surface area contributed by atoms with Gasteiger partial charge in [-0.2, -0.15) is 0 Å². The van der Waals surface area contributed by atoms with E-state index >= 15 is 0 Å². The lowest BCUT2D eigenvalue weighted by Gasteiger charge is -2.43. The van der Waals surface area contributed by atoms with Gasteiger partial charge in [-0.05, 0) is 36.8 Å². The maximum absolute atomic E-state index is 6.19. The molecule has 3 rings (SSSR count). The first-order valence-electron chi connectivity index (χ1n) is 4.77. The van der Waals surface area contributed by atoms with E-state index in [1.165, 1.54) is 24.3 Å². The van der Waals surface area contributed by atoms with Crippen molar-refractivity contribution in [2.45, 2.75) is 18.3 Å². The summed E-state index contributed by atoms with van der Waals surface area (Å²) < 4.78 is 0. The number of halogens is 1. The molecule has 2 fully saturated rings. The topological polar surface area (TPSA) is 12.0 Å². The molecule has 2 aliphatic rings. The van der Waals surface area contributed by atoms with Gasteiger partial charge in [-0.15, -0.1) is 11.3 Å². The molecule has 0 aromatic carbocycles. The molecule has 0 amide bonds. The molecule has 1 nitrogen and oxygen atoms in total. The molecule has 2 heterocycles. The summed E-state index contributed by atoms with van der Waals surface area (Å²) in [6.07, 6.45) is 2.70. The van der Waals surface area contributed by atoms with E-state index in [2.05, 4.69) is 10.7 Å². The van der Waals surface area contributed by atoms with Crippen molar-refractivity contribution in [3.63, 3.8) is 0 Å². The van der Waals surface area contributed by atoms with Gasteiger partial charge in [0, 0.05) is 16.8 Å². The number of nitrogens with one attached hydrogen (secondary N) is 1. The summed E-state index contributed by atoms with van der Waals surface area (Å²) in [5.41, 5.74) is 0.422. The highest BCUT2D eigenvalue weighted by atomic mass is 35.5. The molecule has 2 atom stereocenters. The van der Waals surface area contributed by atoms with E-state index in [1.807, 2.05) is 17.4 Å². The Labute approximate surface area is 87.1 Å². The molecule has 1 saturated carbocycles. The lowest BCUT2D eigenvalue weighted by atomic mass is 9.61. The number of hydrogen-bond donors (Lipinski definition) is 1. The molecule has 2 unspecified atom stereocenters. The summed E-state index contributed by atoms with van der Waals surface area (Å²) in [7, 11) is 0. The highest BCUT2D eigenvalue weighted by Gasteiger charge is 2.52. The van der Waals surface area contributed by atoms with Crippen LogP contribution in [-0.2, 0) is 5.41 Å². The van der Waals surface area contributed by atoms with Crippen molar-refractivity contribution in [3.8, 4) is 0 Å². The molecular formula is C10H12ClNS. The fourth-order valence-electron chi connectivity index (χ4n) is 2.72. The van der Waals surface area contributed by atoms with Crippen molar-refractivity contribution in [1.29, 1.82) is 0 Å². The zero-order chi connectivity index (χ0) is 8.89. The van der Waals surface area contributed by atoms with Crippen LogP contribution in [0.15, 0.2) is 11.4 Å². The number of thiophene rings is 1. The molecule has 1 N–H and O–H groups in total. The molecule has 70 valence electrons. The van der Waals surface area contributed by atoms with Crippen molar-refractivity contribution < 1.29 is 0 Å². The monoisotopic (exact) mass is 213 g/mol. The highest BCUT2D eigenvalue weighted by molar-refractivity contribution is 7.10. The summed E-state index contributed by atoms with van der Waals surface area (Å²) in [6.45, 7) is 2.33. The fourth-order valence-corrected chi connectivity index (χ4v) is 4.28. The smallest absolute Gasteiger partial charge is 0.0551 e. The number of fused-ring (bicyclic) bond motifs is 1. The minimum absolute atomic E-state index is 0.422. The van der Waals surface area contributed by atoms with E-state index in [1.54, 1.807) is 0 Å². The van der Waals surface area contributed by atoms with Crippen molar-refractivity contribution in [2.75, 3.05) is 13.1 Å². The van der Waals surface area contributed by atoms with E-state index in [4.69, 9.17) is 11.6 Å². The second-order valence-electron chi connectivity index (χ2n) is 4.12. The molecule has 0 bridgehead atoms. The Bertz CT molecular complexity index is 335. The van der Waals surface area contributed by atoms with Gasteiger partial charge in [-0.25, -0.2) is 0 Å². The van der Waals surface area contributed by atoms with E-state index in [0.717, 1.165) is 17.5 Å². The maximum atomic E-state index is 6.19. The first kappa shape index (κ1) is 8.27. The summed E-state index contributed by atoms with van der Waals surface area (Å²) in [5, 5.41) is 6.58. The van der Waals surface area contributed by atoms with Crippen LogP contribution in [0, 0.1) is 5.92 Å². The summed E-state index contributed by atoms with van der Waals surface area (Å²) >= 11 is 8.02. The van der Waals surface area contributed by atoms with Crippen molar-refractivity contribution >= 4 is 22.9 Å². The SMILES string of the molecule is Clc1ccsc1C12CCC1CNC2. The van der Waals surface area contributed by atoms with Crippen LogP contribution >= 0.6 is 22.9 Å². The second kappa shape index (κ2) is 2.72. The Hall–Kier alpha value is -0.0500. The first-order chi connectivity index (χ1) is 6.33. The Morgan fingerprint density at radius 3 is 3.08 bits per heavy atom. The van der Waals surface area contributed by atoms with Crippen LogP contribution in [0.4, 0.5) is 0 Å². The minimum atomic E-state index is 0.422. The van der Waals surface area contributed by atoms with Crippen LogP contribution < -0.4 is 5.32 Å². The molecule has 1 aromatic rings. The van der Waals surface area contributed by atoms with Crippen LogP contribution in [0.3, 0.4) is 0 Å². The van der Waals surface area contributed by atoms with Crippen LogP contribution in [0.1, 0.15) is 17.7 Å². The zero-order valence-electron chi connectivity index (χ0n) is 7.35. The third-order valence-corrected chi connectivity index (χ3v) is 5.18. The van der Waals surface area contributed by atoms with Gasteiger partial charge in [0.15, 0.2) is 0 Å². The molecule has 1 saturated heterocycles. The molecule has 3 heteroatoms. The second-order valence-corrected chi connectivity index (χ2v) is 5.44. The summed E-state index contributed by atoms with van der Waals surface area (Å²) in [4.78, 5) is 1.43. The number of hydrogen-bond acceptors (Lipinski definition) is 2. The van der Waals surface area contributed by atoms with Crippen LogP contribution in [-0.4, -0.2) is 13.1 Å². The molecule has 0 radical (unpaired) electrons. The van der Waals surface area contributed by atoms with Gasteiger partial charge in [0.1, 0.15) is 0 Å². The fraction of sp³-hybridized carbons (Fsp3) is 0.600. The van der Waals surface area contributed by atoms with Gasteiger partial charge in [0.05, 0.1) is 5.02 Å². The van der Waals surface area contributed by atoms with Gasteiger partial charge >= 0.3 is 0 Å². The predicted octanol–water partition coefficient (Wildman–Crippen LogP) is 2.65. The molecule has 1 aliphatic carbocycles. The van der Waals surface area contributed by atoms with Crippen molar-refractivity contribution in [1.82, 2.24) is 5.32 Å². The molecule has 13 heavy (non-hydrogen) atoms. The minimum Gasteiger partial charge on any atom is -0.315 e. The van der Waals surface area contributed by atoms with E-state index in [-0.39, 0.29) is 0 Å².